The number of aliphatic carboxylic acids is 1. The molecular formula is C16H23NO4S. The number of amides is 1. The van der Waals surface area contributed by atoms with Gasteiger partial charge in [-0.1, -0.05) is 31.5 Å². The summed E-state index contributed by atoms with van der Waals surface area (Å²) in [6.07, 6.45) is 2.58. The third kappa shape index (κ3) is 5.69. The molecule has 0 fully saturated rings. The molecule has 0 aromatic heterocycles. The van der Waals surface area contributed by atoms with Gasteiger partial charge in [0, 0.05) is 5.56 Å². The molecule has 0 saturated carbocycles. The van der Waals surface area contributed by atoms with E-state index in [0.717, 1.165) is 23.7 Å². The zero-order valence-corrected chi connectivity index (χ0v) is 13.8. The lowest BCUT2D eigenvalue weighted by Crippen LogP contribution is -2.44. The number of thioether (sulfide) groups is 1. The molecule has 0 spiro atoms. The smallest absolute Gasteiger partial charge is 0.329 e. The fraction of sp³-hybridized carbons (Fsp3) is 0.500. The van der Waals surface area contributed by atoms with Gasteiger partial charge in [-0.3, -0.25) is 9.63 Å². The number of carbonyl (C=O) groups is 2. The molecule has 0 unspecified atom stereocenters. The average Bonchev–Trinajstić information content (AvgIpc) is 2.54. The Morgan fingerprint density at radius 2 is 1.95 bits per heavy atom. The first-order valence-electron chi connectivity index (χ1n) is 7.35. The molecule has 0 aliphatic carbocycles. The van der Waals surface area contributed by atoms with Crippen LogP contribution in [0.2, 0.25) is 0 Å². The van der Waals surface area contributed by atoms with Gasteiger partial charge in [-0.15, -0.1) is 0 Å². The van der Waals surface area contributed by atoms with Crippen molar-refractivity contribution in [1.29, 1.82) is 0 Å². The van der Waals surface area contributed by atoms with Crippen molar-refractivity contribution in [3.63, 3.8) is 0 Å². The summed E-state index contributed by atoms with van der Waals surface area (Å²) in [5.74, 6) is 0.192. The minimum absolute atomic E-state index is 0.357. The second-order valence-electron chi connectivity index (χ2n) is 4.79. The Kier molecular flexibility index (Phi) is 8.62. The first-order valence-corrected chi connectivity index (χ1v) is 8.50. The topological polar surface area (TPSA) is 66.8 Å². The number of benzene rings is 1. The quantitative estimate of drug-likeness (QED) is 0.529. The largest absolute Gasteiger partial charge is 0.480 e. The van der Waals surface area contributed by atoms with Gasteiger partial charge in [0.25, 0.3) is 5.91 Å². The number of nitrogens with zero attached hydrogens (tertiary/aromatic N) is 1. The summed E-state index contributed by atoms with van der Waals surface area (Å²) in [5, 5.41) is 10.3. The van der Waals surface area contributed by atoms with Gasteiger partial charge in [0.1, 0.15) is 0 Å². The van der Waals surface area contributed by atoms with Crippen LogP contribution < -0.4 is 0 Å². The minimum Gasteiger partial charge on any atom is -0.480 e. The molecule has 0 aliphatic heterocycles. The summed E-state index contributed by atoms with van der Waals surface area (Å²) in [7, 11) is 1.32. The third-order valence-electron chi connectivity index (χ3n) is 3.16. The summed E-state index contributed by atoms with van der Waals surface area (Å²) < 4.78 is 0. The molecule has 122 valence electrons. The van der Waals surface area contributed by atoms with Crippen LogP contribution in [0, 0.1) is 0 Å². The van der Waals surface area contributed by atoms with E-state index in [1.807, 2.05) is 0 Å². The monoisotopic (exact) mass is 325 g/mol. The van der Waals surface area contributed by atoms with Crippen LogP contribution in [0.4, 0.5) is 0 Å². The van der Waals surface area contributed by atoms with Gasteiger partial charge in [0.15, 0.2) is 6.04 Å². The summed E-state index contributed by atoms with van der Waals surface area (Å²) >= 11 is 1.70. The second-order valence-corrected chi connectivity index (χ2v) is 6.01. The number of rotatable bonds is 10. The van der Waals surface area contributed by atoms with Crippen LogP contribution in [0.1, 0.15) is 36.5 Å². The highest BCUT2D eigenvalue weighted by Crippen LogP contribution is 2.15. The Morgan fingerprint density at radius 1 is 1.27 bits per heavy atom. The Balaban J connectivity index is 2.70. The number of unbranched alkanes of at least 4 members (excludes halogenated alkanes) is 1. The molecular weight excluding hydrogens is 302 g/mol. The lowest BCUT2D eigenvalue weighted by Gasteiger charge is -2.26. The molecule has 0 saturated heterocycles. The predicted molar refractivity (Wildman–Crippen MR) is 87.9 cm³/mol. The summed E-state index contributed by atoms with van der Waals surface area (Å²) in [6.45, 7) is 2.12. The fourth-order valence-corrected chi connectivity index (χ4v) is 3.03. The van der Waals surface area contributed by atoms with Crippen molar-refractivity contribution in [1.82, 2.24) is 5.06 Å². The zero-order valence-electron chi connectivity index (χ0n) is 13.0. The zero-order chi connectivity index (χ0) is 16.4. The van der Waals surface area contributed by atoms with Gasteiger partial charge in [-0.25, -0.2) is 9.86 Å². The van der Waals surface area contributed by atoms with E-state index in [-0.39, 0.29) is 0 Å². The van der Waals surface area contributed by atoms with Crippen molar-refractivity contribution in [2.45, 2.75) is 32.2 Å². The molecule has 0 heterocycles. The number of hydroxylamine groups is 2. The van der Waals surface area contributed by atoms with Crippen LogP contribution in [-0.2, 0) is 9.63 Å². The van der Waals surface area contributed by atoms with E-state index in [0.29, 0.717) is 17.7 Å². The van der Waals surface area contributed by atoms with Gasteiger partial charge in [-0.05, 0) is 36.5 Å². The maximum Gasteiger partial charge on any atom is 0.329 e. The van der Waals surface area contributed by atoms with E-state index < -0.39 is 17.9 Å². The second kappa shape index (κ2) is 10.2. The number of hydrogen-bond acceptors (Lipinski definition) is 4. The molecule has 1 N–H and O–H groups in total. The lowest BCUT2D eigenvalue weighted by molar-refractivity contribution is -0.166. The van der Waals surface area contributed by atoms with Crippen LogP contribution in [0.15, 0.2) is 30.3 Å². The number of hydrogen-bond donors (Lipinski definition) is 1. The van der Waals surface area contributed by atoms with E-state index in [1.54, 1.807) is 42.1 Å². The highest BCUT2D eigenvalue weighted by atomic mass is 32.2. The van der Waals surface area contributed by atoms with Crippen molar-refractivity contribution in [2.24, 2.45) is 0 Å². The van der Waals surface area contributed by atoms with Crippen molar-refractivity contribution in [2.75, 3.05) is 18.6 Å². The van der Waals surface area contributed by atoms with Gasteiger partial charge >= 0.3 is 5.97 Å². The molecule has 0 bridgehead atoms. The molecule has 0 aliphatic rings. The van der Waals surface area contributed by atoms with Crippen LogP contribution in [0.25, 0.3) is 0 Å². The molecule has 1 aromatic carbocycles. The van der Waals surface area contributed by atoms with Gasteiger partial charge < -0.3 is 5.11 Å². The molecule has 1 amide bonds. The molecule has 1 atom stereocenters. The Morgan fingerprint density at radius 3 is 2.50 bits per heavy atom. The van der Waals surface area contributed by atoms with Crippen LogP contribution >= 0.6 is 11.8 Å². The predicted octanol–water partition coefficient (Wildman–Crippen LogP) is 3.07. The van der Waals surface area contributed by atoms with Crippen molar-refractivity contribution in [3.8, 4) is 0 Å². The first-order chi connectivity index (χ1) is 10.6. The van der Waals surface area contributed by atoms with Crippen LogP contribution in [0.3, 0.4) is 0 Å². The maximum absolute atomic E-state index is 12.4. The third-order valence-corrected chi connectivity index (χ3v) is 4.27. The summed E-state index contributed by atoms with van der Waals surface area (Å²) in [6, 6.07) is 7.57. The molecule has 0 radical (unpaired) electrons. The summed E-state index contributed by atoms with van der Waals surface area (Å²) in [5.41, 5.74) is 0.411. The minimum atomic E-state index is -1.05. The van der Waals surface area contributed by atoms with Gasteiger partial charge in [0.2, 0.25) is 0 Å². The average molecular weight is 325 g/mol. The molecule has 6 heteroatoms. The number of carboxylic acids is 1. The van der Waals surface area contributed by atoms with Crippen molar-refractivity contribution < 1.29 is 19.5 Å². The molecule has 1 aromatic rings. The molecule has 1 rings (SSSR count). The Hall–Kier alpha value is -1.53. The standard InChI is InChI=1S/C16H23NO4S/c1-3-4-11-22-12-10-14(16(19)20)17(21-2)15(18)13-8-6-5-7-9-13/h5-9,14H,3-4,10-12H2,1-2H3,(H,19,20)/t14-/m0/s1. The normalized spacial score (nSPS) is 11.9. The first kappa shape index (κ1) is 18.5. The van der Waals surface area contributed by atoms with E-state index in [2.05, 4.69) is 6.92 Å². The number of carbonyl (C=O) groups excluding carboxylic acids is 1. The highest BCUT2D eigenvalue weighted by molar-refractivity contribution is 7.99. The van der Waals surface area contributed by atoms with E-state index in [1.165, 1.54) is 7.11 Å². The fourth-order valence-electron chi connectivity index (χ4n) is 1.94. The Labute approximate surface area is 135 Å². The maximum atomic E-state index is 12.4. The van der Waals surface area contributed by atoms with Crippen molar-refractivity contribution >= 4 is 23.6 Å². The van der Waals surface area contributed by atoms with E-state index in [4.69, 9.17) is 4.84 Å². The van der Waals surface area contributed by atoms with Gasteiger partial charge in [-0.2, -0.15) is 11.8 Å². The van der Waals surface area contributed by atoms with Crippen molar-refractivity contribution in [3.05, 3.63) is 35.9 Å². The van der Waals surface area contributed by atoms with Crippen LogP contribution in [0.5, 0.6) is 0 Å². The van der Waals surface area contributed by atoms with E-state index in [9.17, 15) is 14.7 Å². The van der Waals surface area contributed by atoms with Crippen LogP contribution in [-0.4, -0.2) is 46.7 Å². The lowest BCUT2D eigenvalue weighted by atomic mass is 10.1. The highest BCUT2D eigenvalue weighted by Gasteiger charge is 2.30. The Bertz CT molecular complexity index is 466. The molecule has 22 heavy (non-hydrogen) atoms. The SMILES string of the molecule is CCCCSCC[C@@H](C(=O)O)N(OC)C(=O)c1ccccc1. The number of carboxylic acid groups (broad SMARTS) is 1. The summed E-state index contributed by atoms with van der Waals surface area (Å²) in [4.78, 5) is 28.9. The van der Waals surface area contributed by atoms with E-state index >= 15 is 0 Å². The van der Waals surface area contributed by atoms with Gasteiger partial charge in [0.05, 0.1) is 7.11 Å². The molecule has 5 nitrogen and oxygen atoms in total.